The first-order valence-corrected chi connectivity index (χ1v) is 9.89. The van der Waals surface area contributed by atoms with Crippen molar-refractivity contribution in [1.29, 1.82) is 0 Å². The zero-order chi connectivity index (χ0) is 20.2. The van der Waals surface area contributed by atoms with Gasteiger partial charge in [-0.25, -0.2) is 9.97 Å². The van der Waals surface area contributed by atoms with E-state index in [9.17, 15) is 13.6 Å². The smallest absolute Gasteiger partial charge is 0.387 e. The van der Waals surface area contributed by atoms with Gasteiger partial charge in [0.05, 0.1) is 0 Å². The lowest BCUT2D eigenvalue weighted by atomic mass is 10.2. The van der Waals surface area contributed by atoms with Gasteiger partial charge in [-0.05, 0) is 24.3 Å². The van der Waals surface area contributed by atoms with Crippen molar-refractivity contribution in [2.24, 2.45) is 0 Å². The Hall–Kier alpha value is -3.07. The first-order valence-electron chi connectivity index (χ1n) is 9.07. The van der Waals surface area contributed by atoms with Gasteiger partial charge in [0, 0.05) is 44.0 Å². The van der Waals surface area contributed by atoms with Crippen molar-refractivity contribution >= 4 is 38.8 Å². The molecule has 3 heterocycles. The molecule has 0 radical (unpaired) electrons. The quantitative estimate of drug-likeness (QED) is 0.594. The van der Waals surface area contributed by atoms with Gasteiger partial charge in [0.1, 0.15) is 16.1 Å². The summed E-state index contributed by atoms with van der Waals surface area (Å²) in [5.41, 5.74) is 1.31. The molecule has 0 N–H and O–H groups in total. The highest BCUT2D eigenvalue weighted by Gasteiger charge is 2.22. The molecule has 0 unspecified atom stereocenters. The van der Waals surface area contributed by atoms with Crippen LogP contribution in [0.25, 0.3) is 16.4 Å². The highest BCUT2D eigenvalue weighted by atomic mass is 32.1. The number of thiazole rings is 1. The number of pyridine rings is 1. The van der Waals surface area contributed by atoms with Gasteiger partial charge in [0.25, 0.3) is 0 Å². The van der Waals surface area contributed by atoms with Crippen molar-refractivity contribution < 1.29 is 18.3 Å². The summed E-state index contributed by atoms with van der Waals surface area (Å²) in [6.45, 7) is -0.454. The second-order valence-electron chi connectivity index (χ2n) is 6.39. The number of para-hydroxylation sites is 1. The van der Waals surface area contributed by atoms with Crippen LogP contribution < -0.4 is 9.64 Å². The number of amides is 1. The highest BCUT2D eigenvalue weighted by Crippen LogP contribution is 2.27. The molecule has 1 saturated heterocycles. The number of halogens is 2. The number of carbonyl (C=O) groups excluding carboxylic acids is 1. The monoisotopic (exact) mass is 416 g/mol. The fraction of sp³-hybridized carbons (Fsp3) is 0.250. The van der Waals surface area contributed by atoms with E-state index in [1.165, 1.54) is 29.6 Å². The third-order valence-electron chi connectivity index (χ3n) is 4.56. The molecule has 29 heavy (non-hydrogen) atoms. The summed E-state index contributed by atoms with van der Waals surface area (Å²) in [5, 5.41) is 0.902. The number of anilines is 1. The van der Waals surface area contributed by atoms with Crippen LogP contribution in [0.2, 0.25) is 0 Å². The summed E-state index contributed by atoms with van der Waals surface area (Å²) in [6, 6.07) is 10.2. The van der Waals surface area contributed by atoms with Gasteiger partial charge in [-0.3, -0.25) is 4.79 Å². The van der Waals surface area contributed by atoms with Gasteiger partial charge in [-0.2, -0.15) is 8.78 Å². The normalized spacial score (nSPS) is 14.9. The van der Waals surface area contributed by atoms with Gasteiger partial charge in [0.15, 0.2) is 5.13 Å². The number of rotatable bonds is 5. The molecule has 4 rings (SSSR count). The number of hydrogen-bond donors (Lipinski definition) is 0. The predicted octanol–water partition coefficient (Wildman–Crippen LogP) is 3.65. The molecule has 2 aromatic heterocycles. The number of benzene rings is 1. The first kappa shape index (κ1) is 19.3. The lowest BCUT2D eigenvalue weighted by molar-refractivity contribution is -0.126. The van der Waals surface area contributed by atoms with Gasteiger partial charge >= 0.3 is 6.61 Å². The van der Waals surface area contributed by atoms with E-state index in [-0.39, 0.29) is 11.7 Å². The molecule has 1 aliphatic heterocycles. The molecule has 1 aliphatic rings. The predicted molar refractivity (Wildman–Crippen MR) is 108 cm³/mol. The third kappa shape index (κ3) is 4.51. The maximum atomic E-state index is 12.5. The molecule has 0 saturated carbocycles. The Bertz CT molecular complexity index is 999. The SMILES string of the molecule is O=C(/C=C/c1ccccc1OC(F)F)N1CCN(c2nc3cccnc3s2)CC1. The first-order chi connectivity index (χ1) is 14.1. The Morgan fingerprint density at radius 1 is 1.14 bits per heavy atom. The number of ether oxygens (including phenoxy) is 1. The van der Waals surface area contributed by atoms with E-state index in [4.69, 9.17) is 0 Å². The maximum absolute atomic E-state index is 12.5. The van der Waals surface area contributed by atoms with Crippen LogP contribution in [0.4, 0.5) is 13.9 Å². The number of carbonyl (C=O) groups is 1. The topological polar surface area (TPSA) is 58.6 Å². The van der Waals surface area contributed by atoms with Crippen molar-refractivity contribution in [1.82, 2.24) is 14.9 Å². The molecule has 1 fully saturated rings. The zero-order valence-electron chi connectivity index (χ0n) is 15.4. The second-order valence-corrected chi connectivity index (χ2v) is 7.34. The third-order valence-corrected chi connectivity index (χ3v) is 5.60. The van der Waals surface area contributed by atoms with E-state index in [1.807, 2.05) is 12.1 Å². The van der Waals surface area contributed by atoms with Crippen LogP contribution in [-0.4, -0.2) is 53.6 Å². The molecule has 150 valence electrons. The fourth-order valence-corrected chi connectivity index (χ4v) is 4.06. The minimum atomic E-state index is -2.91. The molecule has 3 aromatic rings. The van der Waals surface area contributed by atoms with Crippen molar-refractivity contribution in [3.63, 3.8) is 0 Å². The average Bonchev–Trinajstić information content (AvgIpc) is 3.17. The van der Waals surface area contributed by atoms with Gasteiger partial charge in [-0.15, -0.1) is 0 Å². The fourth-order valence-electron chi connectivity index (χ4n) is 3.10. The van der Waals surface area contributed by atoms with Crippen LogP contribution >= 0.6 is 11.3 Å². The summed E-state index contributed by atoms with van der Waals surface area (Å²) >= 11 is 1.54. The van der Waals surface area contributed by atoms with Crippen LogP contribution in [0.15, 0.2) is 48.7 Å². The Balaban J connectivity index is 1.37. The van der Waals surface area contributed by atoms with E-state index in [2.05, 4.69) is 19.6 Å². The molecule has 0 bridgehead atoms. The standard InChI is InChI=1S/C20H18F2N4O2S/c21-19(22)28-16-6-2-1-4-14(16)7-8-17(27)25-10-12-26(13-11-25)20-24-15-5-3-9-23-18(15)29-20/h1-9,19H,10-13H2/b8-7+. The van der Waals surface area contributed by atoms with E-state index in [0.29, 0.717) is 31.7 Å². The Morgan fingerprint density at radius 2 is 1.93 bits per heavy atom. The minimum Gasteiger partial charge on any atom is -0.434 e. The molecule has 0 atom stereocenters. The molecule has 1 aromatic carbocycles. The van der Waals surface area contributed by atoms with Gasteiger partial charge in [-0.1, -0.05) is 29.5 Å². The zero-order valence-corrected chi connectivity index (χ0v) is 16.2. The van der Waals surface area contributed by atoms with E-state index < -0.39 is 6.61 Å². The van der Waals surface area contributed by atoms with Gasteiger partial charge < -0.3 is 14.5 Å². The lowest BCUT2D eigenvalue weighted by Crippen LogP contribution is -2.48. The number of piperazine rings is 1. The Labute approximate surface area is 170 Å². The molecule has 1 amide bonds. The van der Waals surface area contributed by atoms with E-state index >= 15 is 0 Å². The van der Waals surface area contributed by atoms with Crippen LogP contribution in [0.5, 0.6) is 5.75 Å². The summed E-state index contributed by atoms with van der Waals surface area (Å²) < 4.78 is 29.5. The summed E-state index contributed by atoms with van der Waals surface area (Å²) in [7, 11) is 0. The second kappa shape index (κ2) is 8.52. The molecule has 9 heteroatoms. The van der Waals surface area contributed by atoms with Crippen molar-refractivity contribution in [2.75, 3.05) is 31.1 Å². The summed E-state index contributed by atoms with van der Waals surface area (Å²) in [5.74, 6) is -0.122. The van der Waals surface area contributed by atoms with E-state index in [1.54, 1.807) is 29.3 Å². The lowest BCUT2D eigenvalue weighted by Gasteiger charge is -2.34. The molecule has 0 spiro atoms. The molecular weight excluding hydrogens is 398 g/mol. The largest absolute Gasteiger partial charge is 0.434 e. The van der Waals surface area contributed by atoms with Crippen LogP contribution in [0, 0.1) is 0 Å². The summed E-state index contributed by atoms with van der Waals surface area (Å²) in [4.78, 5) is 26.2. The number of aromatic nitrogens is 2. The minimum absolute atomic E-state index is 0.0424. The molecular formula is C20H18F2N4O2S. The van der Waals surface area contributed by atoms with Gasteiger partial charge in [0.2, 0.25) is 5.91 Å². The molecule has 0 aliphatic carbocycles. The average molecular weight is 416 g/mol. The Morgan fingerprint density at radius 3 is 2.69 bits per heavy atom. The van der Waals surface area contributed by atoms with E-state index in [0.717, 1.165) is 15.5 Å². The molecule has 6 nitrogen and oxygen atoms in total. The highest BCUT2D eigenvalue weighted by molar-refractivity contribution is 7.21. The number of nitrogens with zero attached hydrogens (tertiary/aromatic N) is 4. The summed E-state index contributed by atoms with van der Waals surface area (Å²) in [6.07, 6.45) is 4.65. The number of hydrogen-bond acceptors (Lipinski definition) is 6. The maximum Gasteiger partial charge on any atom is 0.387 e. The number of fused-ring (bicyclic) bond motifs is 1. The van der Waals surface area contributed by atoms with Crippen LogP contribution in [-0.2, 0) is 4.79 Å². The van der Waals surface area contributed by atoms with Crippen molar-refractivity contribution in [3.8, 4) is 5.75 Å². The Kier molecular flexibility index (Phi) is 5.66. The van der Waals surface area contributed by atoms with Crippen LogP contribution in [0.3, 0.4) is 0 Å². The number of alkyl halides is 2. The van der Waals surface area contributed by atoms with Crippen molar-refractivity contribution in [2.45, 2.75) is 6.61 Å². The van der Waals surface area contributed by atoms with Crippen molar-refractivity contribution in [3.05, 3.63) is 54.2 Å². The van der Waals surface area contributed by atoms with Crippen LogP contribution in [0.1, 0.15) is 5.56 Å².